The molecule has 90 valence electrons. The van der Waals surface area contributed by atoms with Gasteiger partial charge in [-0.25, -0.2) is 0 Å². The van der Waals surface area contributed by atoms with Gasteiger partial charge in [0.15, 0.2) is 0 Å². The van der Waals surface area contributed by atoms with Gasteiger partial charge in [-0.3, -0.25) is 0 Å². The van der Waals surface area contributed by atoms with Crippen LogP contribution in [0, 0.1) is 5.92 Å². The van der Waals surface area contributed by atoms with Crippen LogP contribution in [0.3, 0.4) is 0 Å². The first-order valence-corrected chi connectivity index (χ1v) is 6.32. The highest BCUT2D eigenvalue weighted by Crippen LogP contribution is 2.26. The summed E-state index contributed by atoms with van der Waals surface area (Å²) in [5, 5.41) is 0.940. The van der Waals surface area contributed by atoms with Crippen molar-refractivity contribution in [2.45, 2.75) is 32.1 Å². The van der Waals surface area contributed by atoms with Gasteiger partial charge in [-0.1, -0.05) is 25.4 Å². The van der Waals surface area contributed by atoms with Crippen molar-refractivity contribution in [3.8, 4) is 5.75 Å². The first-order chi connectivity index (χ1) is 7.54. The average molecular weight is 261 g/mol. The van der Waals surface area contributed by atoms with E-state index in [-0.39, 0.29) is 5.38 Å². The molecule has 0 saturated heterocycles. The predicted octanol–water partition coefficient (Wildman–Crippen LogP) is 4.54. The van der Waals surface area contributed by atoms with Crippen LogP contribution in [0.5, 0.6) is 5.75 Å². The Morgan fingerprint density at radius 1 is 1.31 bits per heavy atom. The molecule has 16 heavy (non-hydrogen) atoms. The van der Waals surface area contributed by atoms with Crippen LogP contribution in [0.4, 0.5) is 0 Å². The number of halogens is 2. The summed E-state index contributed by atoms with van der Waals surface area (Å²) in [6.45, 7) is 4.26. The lowest BCUT2D eigenvalue weighted by atomic mass is 10.0. The molecule has 0 aromatic heterocycles. The largest absolute Gasteiger partial charge is 0.496 e. The van der Waals surface area contributed by atoms with E-state index >= 15 is 0 Å². The Bertz CT molecular complexity index is 337. The Morgan fingerprint density at radius 2 is 2.00 bits per heavy atom. The second-order valence-electron chi connectivity index (χ2n) is 4.25. The summed E-state index contributed by atoms with van der Waals surface area (Å²) in [6, 6.07) is 5.69. The minimum absolute atomic E-state index is 0.198. The van der Waals surface area contributed by atoms with Gasteiger partial charge in [0.05, 0.1) is 7.11 Å². The first kappa shape index (κ1) is 13.7. The van der Waals surface area contributed by atoms with Crippen LogP contribution in [0.25, 0.3) is 0 Å². The molecule has 0 bridgehead atoms. The van der Waals surface area contributed by atoms with Gasteiger partial charge in [0, 0.05) is 10.4 Å². The second kappa shape index (κ2) is 6.36. The number of hydrogen-bond acceptors (Lipinski definition) is 1. The van der Waals surface area contributed by atoms with Crippen molar-refractivity contribution in [2.75, 3.05) is 7.11 Å². The highest BCUT2D eigenvalue weighted by Gasteiger charge is 2.11. The Morgan fingerprint density at radius 3 is 2.56 bits per heavy atom. The maximum atomic E-state index is 6.23. The molecule has 1 aromatic rings. The van der Waals surface area contributed by atoms with Crippen molar-refractivity contribution >= 4 is 23.2 Å². The van der Waals surface area contributed by atoms with Crippen LogP contribution in [0.1, 0.15) is 25.8 Å². The van der Waals surface area contributed by atoms with Crippen LogP contribution in [-0.2, 0) is 6.42 Å². The van der Waals surface area contributed by atoms with Gasteiger partial charge >= 0.3 is 0 Å². The number of ether oxygens (including phenoxy) is 1. The van der Waals surface area contributed by atoms with Gasteiger partial charge in [-0.15, -0.1) is 11.6 Å². The van der Waals surface area contributed by atoms with Gasteiger partial charge in [0.1, 0.15) is 5.75 Å². The summed E-state index contributed by atoms with van der Waals surface area (Å²) in [6.07, 6.45) is 1.84. The van der Waals surface area contributed by atoms with Crippen molar-refractivity contribution in [1.82, 2.24) is 0 Å². The first-order valence-electron chi connectivity index (χ1n) is 5.51. The molecule has 1 rings (SSSR count). The van der Waals surface area contributed by atoms with Gasteiger partial charge in [0.2, 0.25) is 0 Å². The number of benzene rings is 1. The molecule has 0 aliphatic heterocycles. The average Bonchev–Trinajstić information content (AvgIpc) is 2.25. The maximum Gasteiger partial charge on any atom is 0.122 e. The summed E-state index contributed by atoms with van der Waals surface area (Å²) >= 11 is 12.2. The van der Waals surface area contributed by atoms with Crippen LogP contribution in [-0.4, -0.2) is 12.5 Å². The van der Waals surface area contributed by atoms with Crippen LogP contribution < -0.4 is 4.74 Å². The predicted molar refractivity (Wildman–Crippen MR) is 70.8 cm³/mol. The summed E-state index contributed by atoms with van der Waals surface area (Å²) in [5.41, 5.74) is 1.13. The highest BCUT2D eigenvalue weighted by molar-refractivity contribution is 6.30. The molecule has 0 saturated carbocycles. The zero-order chi connectivity index (χ0) is 12.1. The molecule has 0 spiro atoms. The molecule has 0 amide bonds. The molecule has 0 fully saturated rings. The van der Waals surface area contributed by atoms with E-state index in [4.69, 9.17) is 27.9 Å². The standard InChI is InChI=1S/C13H18Cl2O/c1-9(2)12(15)6-4-10-8-11(14)5-7-13(10)16-3/h5,7-9,12H,4,6H2,1-3H3. The molecule has 1 unspecified atom stereocenters. The van der Waals surface area contributed by atoms with Crippen molar-refractivity contribution in [3.63, 3.8) is 0 Å². The Balaban J connectivity index is 2.68. The molecule has 0 radical (unpaired) electrons. The van der Waals surface area contributed by atoms with E-state index in [2.05, 4.69) is 13.8 Å². The van der Waals surface area contributed by atoms with Gasteiger partial charge in [-0.05, 0) is 42.5 Å². The maximum absolute atomic E-state index is 6.23. The van der Waals surface area contributed by atoms with Gasteiger partial charge < -0.3 is 4.74 Å². The molecule has 1 nitrogen and oxygen atoms in total. The number of alkyl halides is 1. The van der Waals surface area contributed by atoms with Crippen LogP contribution >= 0.6 is 23.2 Å². The smallest absolute Gasteiger partial charge is 0.122 e. The Hall–Kier alpha value is -0.400. The van der Waals surface area contributed by atoms with E-state index in [0.29, 0.717) is 5.92 Å². The minimum Gasteiger partial charge on any atom is -0.496 e. The molecule has 3 heteroatoms. The van der Waals surface area contributed by atoms with Crippen molar-refractivity contribution in [3.05, 3.63) is 28.8 Å². The Labute approximate surface area is 108 Å². The third kappa shape index (κ3) is 3.88. The second-order valence-corrected chi connectivity index (χ2v) is 5.25. The zero-order valence-electron chi connectivity index (χ0n) is 9.97. The summed E-state index contributed by atoms with van der Waals surface area (Å²) in [7, 11) is 1.67. The monoisotopic (exact) mass is 260 g/mol. The van der Waals surface area contributed by atoms with Crippen LogP contribution in [0.15, 0.2) is 18.2 Å². The molecule has 1 atom stereocenters. The fourth-order valence-corrected chi connectivity index (χ4v) is 1.87. The van der Waals surface area contributed by atoms with E-state index < -0.39 is 0 Å². The van der Waals surface area contributed by atoms with E-state index in [9.17, 15) is 0 Å². The quantitative estimate of drug-likeness (QED) is 0.707. The third-order valence-electron chi connectivity index (χ3n) is 2.66. The SMILES string of the molecule is COc1ccc(Cl)cc1CCC(Cl)C(C)C. The van der Waals surface area contributed by atoms with Crippen molar-refractivity contribution in [2.24, 2.45) is 5.92 Å². The zero-order valence-corrected chi connectivity index (χ0v) is 11.5. The molecule has 1 aromatic carbocycles. The van der Waals surface area contributed by atoms with Crippen molar-refractivity contribution in [1.29, 1.82) is 0 Å². The van der Waals surface area contributed by atoms with E-state index in [1.54, 1.807) is 7.11 Å². The summed E-state index contributed by atoms with van der Waals surface area (Å²) in [4.78, 5) is 0. The molecular weight excluding hydrogens is 243 g/mol. The van der Waals surface area contributed by atoms with E-state index in [1.807, 2.05) is 18.2 Å². The third-order valence-corrected chi connectivity index (χ3v) is 3.61. The lowest BCUT2D eigenvalue weighted by molar-refractivity contribution is 0.408. The molecule has 0 heterocycles. The molecule has 0 aliphatic carbocycles. The lowest BCUT2D eigenvalue weighted by Gasteiger charge is -2.14. The van der Waals surface area contributed by atoms with Gasteiger partial charge in [0.25, 0.3) is 0 Å². The number of methoxy groups -OCH3 is 1. The minimum atomic E-state index is 0.198. The van der Waals surface area contributed by atoms with Gasteiger partial charge in [-0.2, -0.15) is 0 Å². The number of aryl methyl sites for hydroxylation is 1. The topological polar surface area (TPSA) is 9.23 Å². The number of rotatable bonds is 5. The fraction of sp³-hybridized carbons (Fsp3) is 0.538. The highest BCUT2D eigenvalue weighted by atomic mass is 35.5. The lowest BCUT2D eigenvalue weighted by Crippen LogP contribution is -2.09. The van der Waals surface area contributed by atoms with E-state index in [1.165, 1.54) is 0 Å². The molecular formula is C13H18Cl2O. The van der Waals surface area contributed by atoms with E-state index in [0.717, 1.165) is 29.2 Å². The van der Waals surface area contributed by atoms with Crippen LogP contribution in [0.2, 0.25) is 5.02 Å². The fourth-order valence-electron chi connectivity index (χ4n) is 1.57. The summed E-state index contributed by atoms with van der Waals surface area (Å²) in [5.74, 6) is 1.38. The van der Waals surface area contributed by atoms with Crippen molar-refractivity contribution < 1.29 is 4.74 Å². The Kier molecular flexibility index (Phi) is 5.43. The summed E-state index contributed by atoms with van der Waals surface area (Å²) < 4.78 is 5.29. The molecule has 0 N–H and O–H groups in total. The molecule has 0 aliphatic rings. The normalized spacial score (nSPS) is 12.9. The number of hydrogen-bond donors (Lipinski definition) is 0.